The number of amides is 2. The molecule has 0 aliphatic carbocycles. The van der Waals surface area contributed by atoms with Crippen LogP contribution in [0.1, 0.15) is 35.3 Å². The van der Waals surface area contributed by atoms with E-state index in [1.54, 1.807) is 12.0 Å². The summed E-state index contributed by atoms with van der Waals surface area (Å²) in [4.78, 5) is 29.2. The molecule has 2 aromatic carbocycles. The Morgan fingerprint density at radius 1 is 1.10 bits per heavy atom. The zero-order valence-electron chi connectivity index (χ0n) is 18.9. The van der Waals surface area contributed by atoms with Gasteiger partial charge in [0.15, 0.2) is 0 Å². The number of aryl methyl sites for hydroxylation is 1. The third-order valence-electron chi connectivity index (χ3n) is 4.83. The fourth-order valence-corrected chi connectivity index (χ4v) is 3.13. The number of carbonyl (C=O) groups is 2. The molecule has 1 N–H and O–H groups in total. The van der Waals surface area contributed by atoms with Gasteiger partial charge in [0.2, 0.25) is 5.91 Å². The first-order chi connectivity index (χ1) is 14.2. The van der Waals surface area contributed by atoms with Gasteiger partial charge in [-0.05, 0) is 42.8 Å². The minimum absolute atomic E-state index is 0.0365. The number of nitrogens with one attached hydrogen (secondary N) is 1. The lowest BCUT2D eigenvalue weighted by atomic mass is 10.1. The number of carbonyl (C=O) groups excluding carboxylic acids is 2. The van der Waals surface area contributed by atoms with Gasteiger partial charge in [-0.25, -0.2) is 0 Å². The van der Waals surface area contributed by atoms with Crippen molar-refractivity contribution < 1.29 is 14.3 Å². The van der Waals surface area contributed by atoms with Crippen LogP contribution in [0.5, 0.6) is 0 Å². The van der Waals surface area contributed by atoms with Crippen molar-refractivity contribution in [2.45, 2.75) is 27.3 Å². The molecular weight excluding hydrogens is 378 g/mol. The van der Waals surface area contributed by atoms with Gasteiger partial charge in [0, 0.05) is 57.2 Å². The van der Waals surface area contributed by atoms with Crippen molar-refractivity contribution in [2.24, 2.45) is 5.92 Å². The second-order valence-corrected chi connectivity index (χ2v) is 7.97. The van der Waals surface area contributed by atoms with Gasteiger partial charge in [-0.15, -0.1) is 0 Å². The largest absolute Gasteiger partial charge is 0.383 e. The van der Waals surface area contributed by atoms with Crippen LogP contribution in [-0.4, -0.2) is 51.1 Å². The van der Waals surface area contributed by atoms with Crippen LogP contribution in [0.3, 0.4) is 0 Å². The molecule has 0 spiro atoms. The van der Waals surface area contributed by atoms with Gasteiger partial charge in [-0.2, -0.15) is 0 Å². The highest BCUT2D eigenvalue weighted by Crippen LogP contribution is 2.25. The number of anilines is 2. The SMILES string of the molecule is COCCN(Cc1cc(NC(=O)C(C)C)ccc1N(C)C)C(=O)c1cccc(C)c1. The van der Waals surface area contributed by atoms with E-state index in [1.165, 1.54) is 0 Å². The smallest absolute Gasteiger partial charge is 0.254 e. The minimum Gasteiger partial charge on any atom is -0.383 e. The highest BCUT2D eigenvalue weighted by molar-refractivity contribution is 5.95. The predicted molar refractivity (Wildman–Crippen MR) is 122 cm³/mol. The number of benzene rings is 2. The molecule has 0 aliphatic heterocycles. The average molecular weight is 412 g/mol. The molecule has 0 aromatic heterocycles. The molecule has 30 heavy (non-hydrogen) atoms. The van der Waals surface area contributed by atoms with Crippen LogP contribution in [-0.2, 0) is 16.1 Å². The highest BCUT2D eigenvalue weighted by Gasteiger charge is 2.19. The highest BCUT2D eigenvalue weighted by atomic mass is 16.5. The normalized spacial score (nSPS) is 10.8. The van der Waals surface area contributed by atoms with E-state index >= 15 is 0 Å². The summed E-state index contributed by atoms with van der Waals surface area (Å²) < 4.78 is 5.24. The Morgan fingerprint density at radius 2 is 1.83 bits per heavy atom. The van der Waals surface area contributed by atoms with Gasteiger partial charge < -0.3 is 19.9 Å². The van der Waals surface area contributed by atoms with E-state index in [4.69, 9.17) is 4.74 Å². The van der Waals surface area contributed by atoms with Crippen LogP contribution in [0.2, 0.25) is 0 Å². The molecule has 6 heteroatoms. The Bertz CT molecular complexity index is 878. The second kappa shape index (κ2) is 10.8. The monoisotopic (exact) mass is 411 g/mol. The summed E-state index contributed by atoms with van der Waals surface area (Å²) in [6.45, 7) is 7.02. The number of ether oxygens (including phenoxy) is 1. The predicted octanol–water partition coefficient (Wildman–Crippen LogP) is 3.94. The van der Waals surface area contributed by atoms with E-state index < -0.39 is 0 Å². The molecule has 0 fully saturated rings. The van der Waals surface area contributed by atoms with Gasteiger partial charge in [0.05, 0.1) is 6.61 Å². The van der Waals surface area contributed by atoms with Crippen LogP contribution >= 0.6 is 0 Å². The molecule has 0 saturated carbocycles. The standard InChI is InChI=1S/C24H33N3O3/c1-17(2)23(28)25-21-10-11-22(26(4)5)20(15-21)16-27(12-13-30-6)24(29)19-9-7-8-18(3)14-19/h7-11,14-15,17H,12-13,16H2,1-6H3,(H,25,28). The van der Waals surface area contributed by atoms with Crippen molar-refractivity contribution in [3.8, 4) is 0 Å². The lowest BCUT2D eigenvalue weighted by molar-refractivity contribution is -0.118. The summed E-state index contributed by atoms with van der Waals surface area (Å²) in [5, 5.41) is 2.95. The van der Waals surface area contributed by atoms with Crippen LogP contribution in [0.15, 0.2) is 42.5 Å². The Balaban J connectivity index is 2.36. The number of rotatable bonds is 9. The molecule has 0 heterocycles. The molecule has 6 nitrogen and oxygen atoms in total. The maximum atomic E-state index is 13.2. The van der Waals surface area contributed by atoms with Crippen LogP contribution in [0, 0.1) is 12.8 Å². The van der Waals surface area contributed by atoms with Crippen LogP contribution < -0.4 is 10.2 Å². The summed E-state index contributed by atoms with van der Waals surface area (Å²) >= 11 is 0. The maximum absolute atomic E-state index is 13.2. The summed E-state index contributed by atoms with van der Waals surface area (Å²) in [5.74, 6) is -0.189. The molecule has 0 saturated heterocycles. The van der Waals surface area contributed by atoms with Crippen molar-refractivity contribution in [1.82, 2.24) is 4.90 Å². The number of nitrogens with zero attached hydrogens (tertiary/aromatic N) is 2. The van der Waals surface area contributed by atoms with Crippen molar-refractivity contribution in [3.63, 3.8) is 0 Å². The van der Waals surface area contributed by atoms with Crippen molar-refractivity contribution >= 4 is 23.2 Å². The van der Waals surface area contributed by atoms with Crippen LogP contribution in [0.4, 0.5) is 11.4 Å². The first-order valence-electron chi connectivity index (χ1n) is 10.2. The van der Waals surface area contributed by atoms with Gasteiger partial charge in [-0.3, -0.25) is 9.59 Å². The Labute approximate surface area is 179 Å². The number of hydrogen-bond donors (Lipinski definition) is 1. The van der Waals surface area contributed by atoms with Crippen molar-refractivity contribution in [2.75, 3.05) is 44.6 Å². The fourth-order valence-electron chi connectivity index (χ4n) is 3.13. The molecule has 162 valence electrons. The minimum atomic E-state index is -0.108. The summed E-state index contributed by atoms with van der Waals surface area (Å²) in [6, 6.07) is 13.4. The van der Waals surface area contributed by atoms with Crippen molar-refractivity contribution in [1.29, 1.82) is 0 Å². The zero-order chi connectivity index (χ0) is 22.3. The second-order valence-electron chi connectivity index (χ2n) is 7.97. The van der Waals surface area contributed by atoms with Crippen molar-refractivity contribution in [3.05, 3.63) is 59.2 Å². The Kier molecular flexibility index (Phi) is 8.42. The van der Waals surface area contributed by atoms with E-state index in [0.29, 0.717) is 25.3 Å². The third-order valence-corrected chi connectivity index (χ3v) is 4.83. The maximum Gasteiger partial charge on any atom is 0.254 e. The molecule has 0 bridgehead atoms. The Hall–Kier alpha value is -2.86. The lowest BCUT2D eigenvalue weighted by Gasteiger charge is -2.26. The molecule has 0 unspecified atom stereocenters. The quantitative estimate of drug-likeness (QED) is 0.679. The van der Waals surface area contributed by atoms with E-state index in [9.17, 15) is 9.59 Å². The topological polar surface area (TPSA) is 61.9 Å². The molecular formula is C24H33N3O3. The molecule has 0 radical (unpaired) electrons. The number of hydrogen-bond acceptors (Lipinski definition) is 4. The molecule has 2 amide bonds. The summed E-state index contributed by atoms with van der Waals surface area (Å²) in [5.41, 5.74) is 4.38. The van der Waals surface area contributed by atoms with Crippen LogP contribution in [0.25, 0.3) is 0 Å². The number of methoxy groups -OCH3 is 1. The van der Waals surface area contributed by atoms with E-state index in [-0.39, 0.29) is 17.7 Å². The van der Waals surface area contributed by atoms with Gasteiger partial charge in [-0.1, -0.05) is 31.5 Å². The first kappa shape index (κ1) is 23.4. The van der Waals surface area contributed by atoms with E-state index in [0.717, 1.165) is 22.5 Å². The first-order valence-corrected chi connectivity index (χ1v) is 10.2. The Morgan fingerprint density at radius 3 is 2.43 bits per heavy atom. The lowest BCUT2D eigenvalue weighted by Crippen LogP contribution is -2.34. The molecule has 2 rings (SSSR count). The summed E-state index contributed by atoms with van der Waals surface area (Å²) in [6.07, 6.45) is 0. The van der Waals surface area contributed by atoms with Gasteiger partial charge in [0.1, 0.15) is 0 Å². The van der Waals surface area contributed by atoms with E-state index in [1.807, 2.05) is 82.2 Å². The average Bonchev–Trinajstić information content (AvgIpc) is 2.70. The third kappa shape index (κ3) is 6.32. The molecule has 0 atom stereocenters. The van der Waals surface area contributed by atoms with Gasteiger partial charge >= 0.3 is 0 Å². The summed E-state index contributed by atoms with van der Waals surface area (Å²) in [7, 11) is 5.56. The van der Waals surface area contributed by atoms with Gasteiger partial charge in [0.25, 0.3) is 5.91 Å². The zero-order valence-corrected chi connectivity index (χ0v) is 18.9. The van der Waals surface area contributed by atoms with E-state index in [2.05, 4.69) is 5.32 Å². The molecule has 0 aliphatic rings. The molecule has 2 aromatic rings. The fraction of sp³-hybridized carbons (Fsp3) is 0.417.